The van der Waals surface area contributed by atoms with Crippen molar-refractivity contribution < 1.29 is 14.0 Å². The van der Waals surface area contributed by atoms with Crippen LogP contribution in [-0.2, 0) is 11.3 Å². The number of rotatable bonds is 7. The van der Waals surface area contributed by atoms with Crippen molar-refractivity contribution in [3.63, 3.8) is 0 Å². The van der Waals surface area contributed by atoms with E-state index in [1.54, 1.807) is 0 Å². The summed E-state index contributed by atoms with van der Waals surface area (Å²) in [5, 5.41) is 6.05. The van der Waals surface area contributed by atoms with Crippen LogP contribution < -0.4 is 10.6 Å². The largest absolute Gasteiger partial charge is 0.354 e. The minimum atomic E-state index is -0.382. The third-order valence-electron chi connectivity index (χ3n) is 8.23. The number of anilines is 1. The van der Waals surface area contributed by atoms with Gasteiger partial charge in [0, 0.05) is 30.1 Å². The molecule has 1 aliphatic carbocycles. The molecular weight excluding hydrogens is 493 g/mol. The van der Waals surface area contributed by atoms with E-state index in [1.807, 2.05) is 19.9 Å². The van der Waals surface area contributed by atoms with Crippen molar-refractivity contribution in [3.8, 4) is 0 Å². The van der Waals surface area contributed by atoms with E-state index in [-0.39, 0.29) is 35.6 Å². The smallest absolute Gasteiger partial charge is 0.257 e. The Bertz CT molecular complexity index is 1300. The number of hydrogen-bond acceptors (Lipinski definition) is 4. The standard InChI is InChI=1S/C31H40FN5O2/c1-20(2)33-29(38)24-7-11-26(12-8-24)37-28-18-22(19-36-16-14-21(3)15-17-36)4-13-27(28)34-31(37)35-30(39)23-5-9-25(32)10-6-23/h4-6,9-10,13,18,20-21,24,26H,7-8,11-12,14-17,19H2,1-3H3,(H,33,38)(H,34,35,39)/t24-,26+. The maximum atomic E-state index is 13.4. The van der Waals surface area contributed by atoms with Gasteiger partial charge in [0.25, 0.3) is 5.91 Å². The molecular formula is C31H40FN5O2. The molecule has 2 fully saturated rings. The lowest BCUT2D eigenvalue weighted by Crippen LogP contribution is -2.37. The number of halogens is 1. The summed E-state index contributed by atoms with van der Waals surface area (Å²) < 4.78 is 15.6. The SMILES string of the molecule is CC1CCN(Cc2ccc3nc(NC(=O)c4ccc(F)cc4)n([C@H]4CC[C@@H](C(=O)NC(C)C)CC4)c3c2)CC1. The average molecular weight is 534 g/mol. The van der Waals surface area contributed by atoms with Crippen LogP contribution in [-0.4, -0.2) is 45.4 Å². The molecule has 2 aliphatic rings. The van der Waals surface area contributed by atoms with Gasteiger partial charge in [-0.15, -0.1) is 0 Å². The summed E-state index contributed by atoms with van der Waals surface area (Å²) in [6.07, 6.45) is 5.70. The first kappa shape index (κ1) is 27.3. The molecule has 0 spiro atoms. The van der Waals surface area contributed by atoms with E-state index >= 15 is 0 Å². The van der Waals surface area contributed by atoms with Crippen molar-refractivity contribution in [1.82, 2.24) is 19.8 Å². The van der Waals surface area contributed by atoms with Crippen LogP contribution in [0.3, 0.4) is 0 Å². The number of fused-ring (bicyclic) bond motifs is 1. The number of amides is 2. The molecule has 0 unspecified atom stereocenters. The Balaban J connectivity index is 1.42. The molecule has 2 heterocycles. The second-order valence-corrected chi connectivity index (χ2v) is 11.7. The van der Waals surface area contributed by atoms with Gasteiger partial charge in [-0.3, -0.25) is 19.8 Å². The molecule has 0 atom stereocenters. The fraction of sp³-hybridized carbons (Fsp3) is 0.516. The summed E-state index contributed by atoms with van der Waals surface area (Å²) in [6, 6.07) is 12.2. The number of carbonyl (C=O) groups excluding carboxylic acids is 2. The Morgan fingerprint density at radius 1 is 1.00 bits per heavy atom. The van der Waals surface area contributed by atoms with Gasteiger partial charge < -0.3 is 9.88 Å². The Morgan fingerprint density at radius 2 is 1.69 bits per heavy atom. The van der Waals surface area contributed by atoms with Crippen LogP contribution in [0.2, 0.25) is 0 Å². The number of likely N-dealkylation sites (tertiary alicyclic amines) is 1. The van der Waals surface area contributed by atoms with Crippen LogP contribution in [0, 0.1) is 17.7 Å². The van der Waals surface area contributed by atoms with E-state index in [1.165, 1.54) is 42.7 Å². The number of piperidine rings is 1. The maximum absolute atomic E-state index is 13.4. The second-order valence-electron chi connectivity index (χ2n) is 11.7. The zero-order valence-corrected chi connectivity index (χ0v) is 23.3. The van der Waals surface area contributed by atoms with Crippen molar-refractivity contribution in [2.45, 2.75) is 77.9 Å². The Kier molecular flexibility index (Phi) is 8.31. The van der Waals surface area contributed by atoms with E-state index < -0.39 is 0 Å². The fourth-order valence-corrected chi connectivity index (χ4v) is 5.95. The minimum Gasteiger partial charge on any atom is -0.354 e. The van der Waals surface area contributed by atoms with Gasteiger partial charge >= 0.3 is 0 Å². The molecule has 0 bridgehead atoms. The number of carbonyl (C=O) groups is 2. The summed E-state index contributed by atoms with van der Waals surface area (Å²) in [7, 11) is 0. The predicted molar refractivity (Wildman–Crippen MR) is 152 cm³/mol. The lowest BCUT2D eigenvalue weighted by molar-refractivity contribution is -0.126. The summed E-state index contributed by atoms with van der Waals surface area (Å²) in [5.74, 6) is 0.718. The Hall–Kier alpha value is -3.26. The van der Waals surface area contributed by atoms with Gasteiger partial charge in [-0.1, -0.05) is 13.0 Å². The molecule has 2 aromatic carbocycles. The highest BCUT2D eigenvalue weighted by Gasteiger charge is 2.30. The average Bonchev–Trinajstić information content (AvgIpc) is 3.27. The van der Waals surface area contributed by atoms with Crippen LogP contribution in [0.1, 0.15) is 81.3 Å². The van der Waals surface area contributed by atoms with Crippen molar-refractivity contribution >= 4 is 28.8 Å². The summed E-state index contributed by atoms with van der Waals surface area (Å²) in [4.78, 5) is 33.1. The van der Waals surface area contributed by atoms with Gasteiger partial charge in [-0.05, 0) is 113 Å². The van der Waals surface area contributed by atoms with Crippen LogP contribution in [0.25, 0.3) is 11.0 Å². The number of benzene rings is 2. The molecule has 1 aromatic heterocycles. The quantitative estimate of drug-likeness (QED) is 0.395. The second kappa shape index (κ2) is 11.9. The van der Waals surface area contributed by atoms with E-state index in [4.69, 9.17) is 4.98 Å². The summed E-state index contributed by atoms with van der Waals surface area (Å²) in [5.41, 5.74) is 3.45. The fourth-order valence-electron chi connectivity index (χ4n) is 5.95. The number of hydrogen-bond donors (Lipinski definition) is 2. The van der Waals surface area contributed by atoms with Crippen LogP contribution in [0.4, 0.5) is 10.3 Å². The van der Waals surface area contributed by atoms with Gasteiger partial charge in [-0.25, -0.2) is 9.37 Å². The van der Waals surface area contributed by atoms with Crippen LogP contribution in [0.15, 0.2) is 42.5 Å². The number of nitrogens with one attached hydrogen (secondary N) is 2. The van der Waals surface area contributed by atoms with E-state index in [2.05, 4.69) is 39.2 Å². The van der Waals surface area contributed by atoms with Crippen LogP contribution >= 0.6 is 0 Å². The zero-order valence-electron chi connectivity index (χ0n) is 23.3. The molecule has 3 aromatic rings. The zero-order chi connectivity index (χ0) is 27.5. The Morgan fingerprint density at radius 3 is 2.36 bits per heavy atom. The molecule has 2 amide bonds. The van der Waals surface area contributed by atoms with Crippen molar-refractivity contribution in [2.24, 2.45) is 11.8 Å². The first-order chi connectivity index (χ1) is 18.8. The number of imidazole rings is 1. The minimum absolute atomic E-state index is 0.00717. The highest BCUT2D eigenvalue weighted by atomic mass is 19.1. The lowest BCUT2D eigenvalue weighted by Gasteiger charge is -2.31. The molecule has 8 heteroatoms. The predicted octanol–water partition coefficient (Wildman–Crippen LogP) is 5.92. The number of nitrogens with zero attached hydrogens (tertiary/aromatic N) is 3. The molecule has 5 rings (SSSR count). The molecule has 7 nitrogen and oxygen atoms in total. The van der Waals surface area contributed by atoms with Crippen molar-refractivity contribution in [3.05, 3.63) is 59.4 Å². The maximum Gasteiger partial charge on any atom is 0.257 e. The van der Waals surface area contributed by atoms with Gasteiger partial charge in [0.05, 0.1) is 11.0 Å². The van der Waals surface area contributed by atoms with E-state index in [9.17, 15) is 14.0 Å². The van der Waals surface area contributed by atoms with Gasteiger partial charge in [0.2, 0.25) is 11.9 Å². The van der Waals surface area contributed by atoms with Gasteiger partial charge in [-0.2, -0.15) is 0 Å². The lowest BCUT2D eigenvalue weighted by atomic mass is 9.85. The molecule has 1 saturated carbocycles. The Labute approximate surface area is 230 Å². The van der Waals surface area contributed by atoms with E-state index in [0.29, 0.717) is 11.5 Å². The van der Waals surface area contributed by atoms with E-state index in [0.717, 1.165) is 62.3 Å². The van der Waals surface area contributed by atoms with Crippen molar-refractivity contribution in [1.29, 1.82) is 0 Å². The first-order valence-electron chi connectivity index (χ1n) is 14.4. The summed E-state index contributed by atoms with van der Waals surface area (Å²) >= 11 is 0. The van der Waals surface area contributed by atoms with Crippen molar-refractivity contribution in [2.75, 3.05) is 18.4 Å². The molecule has 2 N–H and O–H groups in total. The monoisotopic (exact) mass is 533 g/mol. The first-order valence-corrected chi connectivity index (χ1v) is 14.4. The third-order valence-corrected chi connectivity index (χ3v) is 8.23. The topological polar surface area (TPSA) is 79.3 Å². The van der Waals surface area contributed by atoms with Gasteiger partial charge in [0.15, 0.2) is 0 Å². The molecule has 1 aliphatic heterocycles. The molecule has 0 radical (unpaired) electrons. The number of aromatic nitrogens is 2. The van der Waals surface area contributed by atoms with Crippen LogP contribution in [0.5, 0.6) is 0 Å². The third kappa shape index (κ3) is 6.49. The molecule has 1 saturated heterocycles. The summed E-state index contributed by atoms with van der Waals surface area (Å²) in [6.45, 7) is 9.41. The normalized spacial score (nSPS) is 20.8. The molecule has 208 valence electrons. The van der Waals surface area contributed by atoms with Gasteiger partial charge in [0.1, 0.15) is 5.82 Å². The highest BCUT2D eigenvalue weighted by molar-refractivity contribution is 6.04. The highest BCUT2D eigenvalue weighted by Crippen LogP contribution is 2.37. The molecule has 39 heavy (non-hydrogen) atoms.